The van der Waals surface area contributed by atoms with E-state index in [4.69, 9.17) is 0 Å². The van der Waals surface area contributed by atoms with Gasteiger partial charge in [0.15, 0.2) is 5.16 Å². The van der Waals surface area contributed by atoms with Gasteiger partial charge in [-0.2, -0.15) is 0 Å². The van der Waals surface area contributed by atoms with Crippen LogP contribution in [0.25, 0.3) is 0 Å². The number of non-ortho nitro benzene ring substituents is 1. The van der Waals surface area contributed by atoms with E-state index in [9.17, 15) is 10.1 Å². The molecule has 2 rings (SSSR count). The van der Waals surface area contributed by atoms with Gasteiger partial charge in [-0.3, -0.25) is 10.1 Å². The summed E-state index contributed by atoms with van der Waals surface area (Å²) in [6.45, 7) is 2.96. The second kappa shape index (κ2) is 5.68. The fourth-order valence-corrected chi connectivity index (χ4v) is 2.52. The van der Waals surface area contributed by atoms with Crippen LogP contribution in [0, 0.1) is 10.1 Å². The number of thioether (sulfide) groups is 1. The molecule has 94 valence electrons. The zero-order chi connectivity index (χ0) is 13.0. The predicted molar refractivity (Wildman–Crippen MR) is 70.6 cm³/mol. The molecule has 0 spiro atoms. The van der Waals surface area contributed by atoms with E-state index in [1.165, 1.54) is 12.1 Å². The van der Waals surface area contributed by atoms with Gasteiger partial charge in [-0.05, 0) is 12.5 Å². The number of benzene rings is 1. The summed E-state index contributed by atoms with van der Waals surface area (Å²) in [5.41, 5.74) is 1.18. The van der Waals surface area contributed by atoms with Gasteiger partial charge in [0.1, 0.15) is 0 Å². The van der Waals surface area contributed by atoms with Gasteiger partial charge in [0, 0.05) is 36.8 Å². The Balaban J connectivity index is 2.00. The summed E-state index contributed by atoms with van der Waals surface area (Å²) >= 11 is 1.63. The average Bonchev–Trinajstić information content (AvgIpc) is 2.84. The van der Waals surface area contributed by atoms with Crippen LogP contribution in [0.15, 0.2) is 41.8 Å². The molecule has 1 heterocycles. The first-order valence-corrected chi connectivity index (χ1v) is 6.56. The number of aromatic nitrogens is 2. The first-order chi connectivity index (χ1) is 8.70. The van der Waals surface area contributed by atoms with E-state index < -0.39 is 0 Å². The van der Waals surface area contributed by atoms with E-state index in [2.05, 4.69) is 16.5 Å². The zero-order valence-electron chi connectivity index (χ0n) is 9.94. The minimum absolute atomic E-state index is 0.124. The summed E-state index contributed by atoms with van der Waals surface area (Å²) < 4.78 is 2.07. The molecular weight excluding hydrogens is 250 g/mol. The summed E-state index contributed by atoms with van der Waals surface area (Å²) in [6, 6.07) is 6.62. The van der Waals surface area contributed by atoms with Crippen molar-refractivity contribution in [1.82, 2.24) is 9.55 Å². The third-order valence-electron chi connectivity index (χ3n) is 2.53. The minimum Gasteiger partial charge on any atom is -0.326 e. The highest BCUT2D eigenvalue weighted by atomic mass is 32.2. The maximum atomic E-state index is 10.5. The number of hydrogen-bond acceptors (Lipinski definition) is 4. The normalized spacial score (nSPS) is 10.5. The lowest BCUT2D eigenvalue weighted by atomic mass is 10.2. The Morgan fingerprint density at radius 2 is 2.11 bits per heavy atom. The maximum Gasteiger partial charge on any atom is 0.269 e. The molecule has 0 N–H and O–H groups in total. The fourth-order valence-electron chi connectivity index (χ4n) is 1.54. The quantitative estimate of drug-likeness (QED) is 0.472. The van der Waals surface area contributed by atoms with Gasteiger partial charge >= 0.3 is 0 Å². The highest BCUT2D eigenvalue weighted by Crippen LogP contribution is 2.22. The van der Waals surface area contributed by atoms with Gasteiger partial charge in [-0.1, -0.05) is 23.9 Å². The summed E-state index contributed by atoms with van der Waals surface area (Å²) in [5, 5.41) is 11.5. The lowest BCUT2D eigenvalue weighted by Gasteiger charge is -2.04. The van der Waals surface area contributed by atoms with E-state index in [-0.39, 0.29) is 10.6 Å². The number of aryl methyl sites for hydroxylation is 1. The first-order valence-electron chi connectivity index (χ1n) is 5.58. The molecule has 1 aromatic heterocycles. The Hall–Kier alpha value is -1.82. The fraction of sp³-hybridized carbons (Fsp3) is 0.250. The maximum absolute atomic E-state index is 10.5. The van der Waals surface area contributed by atoms with Crippen LogP contribution >= 0.6 is 11.8 Å². The van der Waals surface area contributed by atoms with Crippen molar-refractivity contribution in [3.63, 3.8) is 0 Å². The average molecular weight is 263 g/mol. The van der Waals surface area contributed by atoms with Crippen LogP contribution in [-0.4, -0.2) is 14.5 Å². The number of nitro benzene ring substituents is 1. The van der Waals surface area contributed by atoms with E-state index in [0.29, 0.717) is 0 Å². The smallest absolute Gasteiger partial charge is 0.269 e. The molecule has 18 heavy (non-hydrogen) atoms. The van der Waals surface area contributed by atoms with E-state index >= 15 is 0 Å². The Morgan fingerprint density at radius 3 is 2.72 bits per heavy atom. The van der Waals surface area contributed by atoms with Crippen molar-refractivity contribution < 1.29 is 4.92 Å². The molecule has 6 heteroatoms. The zero-order valence-corrected chi connectivity index (χ0v) is 10.8. The highest BCUT2D eigenvalue weighted by Gasteiger charge is 2.06. The third-order valence-corrected chi connectivity index (χ3v) is 3.61. The van der Waals surface area contributed by atoms with Crippen molar-refractivity contribution in [3.05, 3.63) is 52.3 Å². The standard InChI is InChI=1S/C12H13N3O2S/c1-2-14-8-7-13-12(14)18-9-10-3-5-11(6-4-10)15(16)17/h3-8H,2,9H2,1H3. The summed E-state index contributed by atoms with van der Waals surface area (Å²) in [6.07, 6.45) is 3.72. The highest BCUT2D eigenvalue weighted by molar-refractivity contribution is 7.98. The van der Waals surface area contributed by atoms with Crippen LogP contribution in [0.4, 0.5) is 5.69 Å². The molecule has 1 aromatic carbocycles. The van der Waals surface area contributed by atoms with Gasteiger partial charge in [-0.15, -0.1) is 0 Å². The van der Waals surface area contributed by atoms with Gasteiger partial charge in [0.2, 0.25) is 0 Å². The molecule has 0 bridgehead atoms. The second-order valence-electron chi connectivity index (χ2n) is 3.71. The Labute approximate surface area is 109 Å². The van der Waals surface area contributed by atoms with Crippen molar-refractivity contribution in [1.29, 1.82) is 0 Å². The van der Waals surface area contributed by atoms with Crippen LogP contribution in [-0.2, 0) is 12.3 Å². The van der Waals surface area contributed by atoms with E-state index in [0.717, 1.165) is 23.0 Å². The molecule has 0 aliphatic carbocycles. The van der Waals surface area contributed by atoms with E-state index in [1.54, 1.807) is 30.1 Å². The number of nitrogens with zero attached hydrogens (tertiary/aromatic N) is 3. The summed E-state index contributed by atoms with van der Waals surface area (Å²) in [4.78, 5) is 14.4. The number of hydrogen-bond donors (Lipinski definition) is 0. The van der Waals surface area contributed by atoms with Gasteiger partial charge < -0.3 is 4.57 Å². The second-order valence-corrected chi connectivity index (χ2v) is 4.65. The number of rotatable bonds is 5. The first kappa shape index (κ1) is 12.6. The van der Waals surface area contributed by atoms with Gasteiger partial charge in [0.25, 0.3) is 5.69 Å². The molecule has 5 nitrogen and oxygen atoms in total. The van der Waals surface area contributed by atoms with Crippen LogP contribution < -0.4 is 0 Å². The van der Waals surface area contributed by atoms with Crippen molar-refractivity contribution in [2.24, 2.45) is 0 Å². The molecule has 0 saturated heterocycles. The molecule has 0 saturated carbocycles. The van der Waals surface area contributed by atoms with E-state index in [1.807, 2.05) is 6.20 Å². The minimum atomic E-state index is -0.388. The van der Waals surface area contributed by atoms with Crippen LogP contribution in [0.2, 0.25) is 0 Å². The lowest BCUT2D eigenvalue weighted by molar-refractivity contribution is -0.384. The molecule has 0 aliphatic rings. The molecular formula is C12H13N3O2S. The summed E-state index contributed by atoms with van der Waals surface area (Å²) in [5.74, 6) is 0.759. The molecule has 0 unspecified atom stereocenters. The topological polar surface area (TPSA) is 61.0 Å². The van der Waals surface area contributed by atoms with Crippen molar-refractivity contribution in [3.8, 4) is 0 Å². The summed E-state index contributed by atoms with van der Waals surface area (Å²) in [7, 11) is 0. The molecule has 0 radical (unpaired) electrons. The molecule has 0 amide bonds. The Bertz CT molecular complexity index is 537. The van der Waals surface area contributed by atoms with Crippen molar-refractivity contribution in [2.45, 2.75) is 24.4 Å². The van der Waals surface area contributed by atoms with Crippen molar-refractivity contribution in [2.75, 3.05) is 0 Å². The Kier molecular flexibility index (Phi) is 3.99. The monoisotopic (exact) mass is 263 g/mol. The Morgan fingerprint density at radius 1 is 1.39 bits per heavy atom. The molecule has 0 atom stereocenters. The van der Waals surface area contributed by atoms with Crippen LogP contribution in [0.3, 0.4) is 0 Å². The predicted octanol–water partition coefficient (Wildman–Crippen LogP) is 3.10. The van der Waals surface area contributed by atoms with Gasteiger partial charge in [0.05, 0.1) is 4.92 Å². The third kappa shape index (κ3) is 2.89. The molecule has 0 fully saturated rings. The lowest BCUT2D eigenvalue weighted by Crippen LogP contribution is -1.95. The van der Waals surface area contributed by atoms with Crippen LogP contribution in [0.5, 0.6) is 0 Å². The molecule has 0 aliphatic heterocycles. The SMILES string of the molecule is CCn1ccnc1SCc1ccc([N+](=O)[O-])cc1. The molecule has 2 aromatic rings. The largest absolute Gasteiger partial charge is 0.326 e. The van der Waals surface area contributed by atoms with Gasteiger partial charge in [-0.25, -0.2) is 4.98 Å². The number of imidazole rings is 1. The van der Waals surface area contributed by atoms with Crippen LogP contribution in [0.1, 0.15) is 12.5 Å². The van der Waals surface area contributed by atoms with Crippen molar-refractivity contribution >= 4 is 17.4 Å². The number of nitro groups is 1.